The first-order valence-electron chi connectivity index (χ1n) is 7.79. The molecular weight excluding hydrogens is 399 g/mol. The minimum absolute atomic E-state index is 0. The van der Waals surface area contributed by atoms with Crippen LogP contribution < -0.4 is 0 Å². The number of unbranched alkanes of at least 4 members (excludes halogenated alkanes) is 10. The summed E-state index contributed by atoms with van der Waals surface area (Å²) in [6, 6.07) is 0. The molecule has 0 N–H and O–H groups in total. The standard InChI is InChI=1S/2C8H17.Nd.HO2P/c2*1-3-5-7-8-6-4-2;;1-3-2/h2*3H,4-8H2,1-2H3;;3H/q2*-1;;. The van der Waals surface area contributed by atoms with Crippen LogP contribution in [0.15, 0.2) is 0 Å². The van der Waals surface area contributed by atoms with Gasteiger partial charge in [0.05, 0.1) is 0 Å². The molecular formula is C16H35NdO2P-2. The molecule has 4 heteroatoms. The molecule has 0 atom stereocenters. The fourth-order valence-electron chi connectivity index (χ4n) is 1.55. The fraction of sp³-hybridized carbons (Fsp3) is 0.875. The van der Waals surface area contributed by atoms with Gasteiger partial charge in [-0.2, -0.15) is 26.7 Å². The molecule has 0 unspecified atom stereocenters. The Bertz CT molecular complexity index is 137. The van der Waals surface area contributed by atoms with E-state index in [9.17, 15) is 0 Å². The van der Waals surface area contributed by atoms with Gasteiger partial charge in [-0.05, 0) is 0 Å². The van der Waals surface area contributed by atoms with Crippen LogP contribution in [-0.4, -0.2) is 0 Å². The monoisotopic (exact) mass is 432 g/mol. The molecule has 0 aromatic carbocycles. The summed E-state index contributed by atoms with van der Waals surface area (Å²) in [5.41, 5.74) is 0. The van der Waals surface area contributed by atoms with Crippen LogP contribution >= 0.6 is 8.34 Å². The van der Waals surface area contributed by atoms with E-state index in [1.54, 1.807) is 0 Å². The van der Waals surface area contributed by atoms with Crippen molar-refractivity contribution in [2.75, 3.05) is 0 Å². The number of rotatable bonds is 10. The molecule has 122 valence electrons. The first-order valence-corrected chi connectivity index (χ1v) is 8.61. The number of hydrogen-bond acceptors (Lipinski definition) is 2. The van der Waals surface area contributed by atoms with Crippen LogP contribution in [0.3, 0.4) is 0 Å². The van der Waals surface area contributed by atoms with Crippen molar-refractivity contribution in [1.82, 2.24) is 0 Å². The van der Waals surface area contributed by atoms with Crippen LogP contribution in [0.4, 0.5) is 0 Å². The Labute approximate surface area is 162 Å². The van der Waals surface area contributed by atoms with Gasteiger partial charge in [0.15, 0.2) is 0 Å². The molecule has 0 aliphatic heterocycles. The topological polar surface area (TPSA) is 34.1 Å². The summed E-state index contributed by atoms with van der Waals surface area (Å²) in [6.07, 6.45) is 18.2. The van der Waals surface area contributed by atoms with Crippen molar-refractivity contribution in [3.05, 3.63) is 12.8 Å². The molecule has 0 spiro atoms. The van der Waals surface area contributed by atoms with E-state index in [1.807, 2.05) is 0 Å². The van der Waals surface area contributed by atoms with Gasteiger partial charge >= 0.3 is 8.34 Å². The van der Waals surface area contributed by atoms with Gasteiger partial charge in [-0.15, -0.1) is 0 Å². The molecule has 0 aliphatic rings. The van der Waals surface area contributed by atoms with E-state index in [0.29, 0.717) is 0 Å². The van der Waals surface area contributed by atoms with Gasteiger partial charge in [-0.3, -0.25) is 0 Å². The van der Waals surface area contributed by atoms with Crippen molar-refractivity contribution in [2.24, 2.45) is 0 Å². The minimum atomic E-state index is -1.42. The van der Waals surface area contributed by atoms with E-state index in [-0.39, 0.29) is 40.8 Å². The predicted octanol–water partition coefficient (Wildman–Crippen LogP) is 6.72. The summed E-state index contributed by atoms with van der Waals surface area (Å²) in [7, 11) is -1.42. The second kappa shape index (κ2) is 37.0. The van der Waals surface area contributed by atoms with Crippen molar-refractivity contribution < 1.29 is 50.0 Å². The average Bonchev–Trinajstić information content (AvgIpc) is 2.42. The van der Waals surface area contributed by atoms with Gasteiger partial charge in [-0.25, -0.2) is 9.13 Å². The van der Waals surface area contributed by atoms with Gasteiger partial charge in [-0.1, -0.05) is 65.2 Å². The van der Waals surface area contributed by atoms with Crippen LogP contribution in [0.2, 0.25) is 0 Å². The summed E-state index contributed by atoms with van der Waals surface area (Å²) in [5.74, 6) is 0. The third kappa shape index (κ3) is 50.7. The molecule has 0 rings (SSSR count). The first kappa shape index (κ1) is 29.3. The normalized spacial score (nSPS) is 8.40. The molecule has 0 saturated heterocycles. The Morgan fingerprint density at radius 3 is 1.20 bits per heavy atom. The summed E-state index contributed by atoms with van der Waals surface area (Å²) < 4.78 is 16.8. The molecule has 0 aliphatic carbocycles. The molecule has 20 heavy (non-hydrogen) atoms. The quantitative estimate of drug-likeness (QED) is 0.217. The minimum Gasteiger partial charge on any atom is -0.332 e. The largest absolute Gasteiger partial charge is 0.332 e. The van der Waals surface area contributed by atoms with E-state index < -0.39 is 8.34 Å². The van der Waals surface area contributed by atoms with Crippen LogP contribution in [-0.2, 0) is 9.13 Å². The van der Waals surface area contributed by atoms with Gasteiger partial charge in [0, 0.05) is 40.8 Å². The third-order valence-electron chi connectivity index (χ3n) is 2.69. The summed E-state index contributed by atoms with van der Waals surface area (Å²) in [5, 5.41) is 0. The summed E-state index contributed by atoms with van der Waals surface area (Å²) >= 11 is 0. The zero-order chi connectivity index (χ0) is 15.2. The third-order valence-corrected chi connectivity index (χ3v) is 2.69. The van der Waals surface area contributed by atoms with Crippen LogP contribution in [0, 0.1) is 53.7 Å². The molecule has 0 radical (unpaired) electrons. The van der Waals surface area contributed by atoms with Crippen molar-refractivity contribution >= 4 is 8.34 Å². The number of hydrogen-bond donors (Lipinski definition) is 0. The maximum Gasteiger partial charge on any atom is 0.303 e. The van der Waals surface area contributed by atoms with Crippen molar-refractivity contribution in [3.63, 3.8) is 0 Å². The Kier molecular flexibility index (Phi) is 54.1. The van der Waals surface area contributed by atoms with Crippen LogP contribution in [0.5, 0.6) is 0 Å². The Hall–Kier alpha value is 1.25. The maximum absolute atomic E-state index is 8.40. The van der Waals surface area contributed by atoms with Gasteiger partial charge in [0.25, 0.3) is 0 Å². The average molecular weight is 435 g/mol. The Balaban J connectivity index is -0.000000103. The zero-order valence-corrected chi connectivity index (χ0v) is 18.3. The van der Waals surface area contributed by atoms with Crippen molar-refractivity contribution in [1.29, 1.82) is 0 Å². The van der Waals surface area contributed by atoms with Gasteiger partial charge in [0.1, 0.15) is 0 Å². The maximum atomic E-state index is 8.40. The molecule has 0 fully saturated rings. The second-order valence-corrected chi connectivity index (χ2v) is 4.77. The van der Waals surface area contributed by atoms with E-state index in [2.05, 4.69) is 40.5 Å². The molecule has 0 aromatic heterocycles. The molecule has 0 aromatic rings. The van der Waals surface area contributed by atoms with E-state index in [0.717, 1.165) is 0 Å². The van der Waals surface area contributed by atoms with E-state index >= 15 is 0 Å². The van der Waals surface area contributed by atoms with Gasteiger partial charge < -0.3 is 12.8 Å². The smallest absolute Gasteiger partial charge is 0.303 e. The van der Waals surface area contributed by atoms with E-state index in [4.69, 9.17) is 9.13 Å². The summed E-state index contributed by atoms with van der Waals surface area (Å²) in [4.78, 5) is 0. The van der Waals surface area contributed by atoms with Crippen molar-refractivity contribution in [3.8, 4) is 0 Å². The van der Waals surface area contributed by atoms with Crippen LogP contribution in [0.25, 0.3) is 0 Å². The predicted molar refractivity (Wildman–Crippen MR) is 87.2 cm³/mol. The SMILES string of the molecule is C[CH-]CCCCCC.C[CH-]CCCCCC.O=[PH]=O.[Nd]. The zero-order valence-electron chi connectivity index (χ0n) is 14.0. The molecule has 0 amide bonds. The molecule has 0 bridgehead atoms. The second-order valence-electron chi connectivity index (χ2n) is 4.60. The van der Waals surface area contributed by atoms with Gasteiger partial charge in [0.2, 0.25) is 0 Å². The first-order chi connectivity index (χ1) is 9.24. The molecule has 0 heterocycles. The van der Waals surface area contributed by atoms with E-state index in [1.165, 1.54) is 64.2 Å². The Morgan fingerprint density at radius 2 is 1.00 bits per heavy atom. The summed E-state index contributed by atoms with van der Waals surface area (Å²) in [6.45, 7) is 8.75. The Morgan fingerprint density at radius 1 is 0.700 bits per heavy atom. The molecule has 2 nitrogen and oxygen atoms in total. The molecule has 0 saturated carbocycles. The fourth-order valence-corrected chi connectivity index (χ4v) is 1.55. The van der Waals surface area contributed by atoms with Crippen molar-refractivity contribution in [2.45, 2.75) is 91.9 Å². The van der Waals surface area contributed by atoms with Crippen LogP contribution in [0.1, 0.15) is 91.9 Å².